The number of halogens is 4. The highest BCUT2D eigenvalue weighted by atomic mass is 79.9. The summed E-state index contributed by atoms with van der Waals surface area (Å²) in [6.45, 7) is -1.39. The normalized spacial score (nSPS) is 12.8. The number of aromatic nitrogens is 2. The van der Waals surface area contributed by atoms with E-state index >= 15 is 0 Å². The zero-order valence-corrected chi connectivity index (χ0v) is 15.0. The maximum atomic E-state index is 12.7. The maximum Gasteiger partial charge on any atom is 0.254 e. The molecular weight excluding hydrogens is 417 g/mol. The van der Waals surface area contributed by atoms with Crippen molar-refractivity contribution in [3.63, 3.8) is 0 Å². The SMILES string of the molecule is FCF.O=C(CN1CCc2cc(Br)ccc2C1=O)Nc1ncc(F)cn1. The summed E-state index contributed by atoms with van der Waals surface area (Å²) < 4.78 is 32.9. The van der Waals surface area contributed by atoms with Crippen LogP contribution >= 0.6 is 15.9 Å². The molecule has 0 saturated carbocycles. The molecule has 2 amide bonds. The molecule has 1 aromatic carbocycles. The third-order valence-electron chi connectivity index (χ3n) is 3.44. The minimum atomic E-state index is -1.75. The van der Waals surface area contributed by atoms with E-state index in [1.54, 1.807) is 12.1 Å². The van der Waals surface area contributed by atoms with Gasteiger partial charge in [-0.2, -0.15) is 0 Å². The van der Waals surface area contributed by atoms with Gasteiger partial charge in [-0.25, -0.2) is 23.1 Å². The first-order valence-electron chi connectivity index (χ1n) is 7.41. The Hall–Kier alpha value is -2.49. The Balaban J connectivity index is 0.000000758. The molecule has 1 aromatic heterocycles. The van der Waals surface area contributed by atoms with Crippen LogP contribution in [0.4, 0.5) is 19.1 Å². The van der Waals surface area contributed by atoms with Gasteiger partial charge >= 0.3 is 0 Å². The van der Waals surface area contributed by atoms with E-state index < -0.39 is 18.7 Å². The number of benzene rings is 1. The van der Waals surface area contributed by atoms with Crippen LogP contribution in [0.1, 0.15) is 15.9 Å². The second kappa shape index (κ2) is 9.27. The van der Waals surface area contributed by atoms with Crippen molar-refractivity contribution in [1.82, 2.24) is 14.9 Å². The Morgan fingerprint density at radius 2 is 1.92 bits per heavy atom. The Morgan fingerprint density at radius 1 is 1.27 bits per heavy atom. The Kier molecular flexibility index (Phi) is 7.07. The second-order valence-electron chi connectivity index (χ2n) is 5.15. The molecule has 0 spiro atoms. The molecular formula is C16H14BrF3N4O2. The molecule has 1 N–H and O–H groups in total. The number of carbonyl (C=O) groups excluding carboxylic acids is 2. The van der Waals surface area contributed by atoms with E-state index in [1.807, 2.05) is 6.07 Å². The quantitative estimate of drug-likeness (QED) is 0.812. The molecule has 138 valence electrons. The molecule has 0 atom stereocenters. The number of nitrogens with one attached hydrogen (secondary N) is 1. The van der Waals surface area contributed by atoms with Crippen LogP contribution in [0.2, 0.25) is 0 Å². The number of amides is 2. The van der Waals surface area contributed by atoms with Gasteiger partial charge in [0.2, 0.25) is 18.8 Å². The van der Waals surface area contributed by atoms with Crippen molar-refractivity contribution < 1.29 is 22.8 Å². The smallest absolute Gasteiger partial charge is 0.254 e. The number of alkyl halides is 2. The third-order valence-corrected chi connectivity index (χ3v) is 3.94. The van der Waals surface area contributed by atoms with Gasteiger partial charge in [-0.1, -0.05) is 15.9 Å². The summed E-state index contributed by atoms with van der Waals surface area (Å²) in [4.78, 5) is 33.2. The Bertz CT molecular complexity index is 790. The van der Waals surface area contributed by atoms with Crippen LogP contribution in [0.25, 0.3) is 0 Å². The number of hydrogen-bond donors (Lipinski definition) is 1. The molecule has 0 bridgehead atoms. The van der Waals surface area contributed by atoms with Gasteiger partial charge in [0.15, 0.2) is 5.82 Å². The van der Waals surface area contributed by atoms with Crippen molar-refractivity contribution in [3.05, 3.63) is 52.0 Å². The van der Waals surface area contributed by atoms with E-state index in [1.165, 1.54) is 4.90 Å². The van der Waals surface area contributed by atoms with Crippen molar-refractivity contribution in [3.8, 4) is 0 Å². The maximum absolute atomic E-state index is 12.7. The van der Waals surface area contributed by atoms with Gasteiger partial charge in [0.1, 0.15) is 6.54 Å². The van der Waals surface area contributed by atoms with Crippen molar-refractivity contribution in [2.45, 2.75) is 6.42 Å². The molecule has 1 aliphatic heterocycles. The molecule has 0 unspecified atom stereocenters. The number of carbonyl (C=O) groups is 2. The number of nitrogens with zero attached hydrogens (tertiary/aromatic N) is 3. The molecule has 0 aliphatic carbocycles. The van der Waals surface area contributed by atoms with Gasteiger partial charge in [0.25, 0.3) is 5.91 Å². The molecule has 26 heavy (non-hydrogen) atoms. The zero-order chi connectivity index (χ0) is 19.1. The van der Waals surface area contributed by atoms with E-state index in [0.717, 1.165) is 22.4 Å². The van der Waals surface area contributed by atoms with Crippen LogP contribution < -0.4 is 5.32 Å². The minimum absolute atomic E-state index is 0.00480. The van der Waals surface area contributed by atoms with Gasteiger partial charge in [-0.15, -0.1) is 0 Å². The highest BCUT2D eigenvalue weighted by Gasteiger charge is 2.26. The summed E-state index contributed by atoms with van der Waals surface area (Å²) in [5.41, 5.74) is 1.56. The van der Waals surface area contributed by atoms with E-state index in [2.05, 4.69) is 31.2 Å². The van der Waals surface area contributed by atoms with Crippen LogP contribution in [0.3, 0.4) is 0 Å². The first-order valence-corrected chi connectivity index (χ1v) is 8.21. The number of fused-ring (bicyclic) bond motifs is 1. The van der Waals surface area contributed by atoms with Crippen molar-refractivity contribution in [2.75, 3.05) is 25.3 Å². The predicted molar refractivity (Wildman–Crippen MR) is 91.5 cm³/mol. The largest absolute Gasteiger partial charge is 0.329 e. The molecule has 3 rings (SSSR count). The average Bonchev–Trinajstić information content (AvgIpc) is 2.60. The summed E-state index contributed by atoms with van der Waals surface area (Å²) in [5, 5.41) is 2.44. The lowest BCUT2D eigenvalue weighted by Crippen LogP contribution is -2.42. The lowest BCUT2D eigenvalue weighted by molar-refractivity contribution is -0.117. The zero-order valence-electron chi connectivity index (χ0n) is 13.4. The molecule has 0 saturated heterocycles. The third kappa shape index (κ3) is 5.25. The van der Waals surface area contributed by atoms with Crippen molar-refractivity contribution in [2.24, 2.45) is 0 Å². The molecule has 0 fully saturated rings. The molecule has 0 radical (unpaired) electrons. The molecule has 6 nitrogen and oxygen atoms in total. The molecule has 1 aliphatic rings. The van der Waals surface area contributed by atoms with Gasteiger partial charge < -0.3 is 4.90 Å². The number of rotatable bonds is 3. The average molecular weight is 431 g/mol. The monoisotopic (exact) mass is 430 g/mol. The minimum Gasteiger partial charge on any atom is -0.329 e. The molecule has 10 heteroatoms. The summed E-state index contributed by atoms with van der Waals surface area (Å²) in [7, 11) is 0. The van der Waals surface area contributed by atoms with Gasteiger partial charge in [-0.3, -0.25) is 14.9 Å². The van der Waals surface area contributed by atoms with E-state index in [-0.39, 0.29) is 18.4 Å². The summed E-state index contributed by atoms with van der Waals surface area (Å²) in [6, 6.07) is 5.46. The molecule has 2 heterocycles. The predicted octanol–water partition coefficient (Wildman–Crippen LogP) is 2.90. The fraction of sp³-hybridized carbons (Fsp3) is 0.250. The Labute approximate surface area is 155 Å². The summed E-state index contributed by atoms with van der Waals surface area (Å²) >= 11 is 3.38. The lowest BCUT2D eigenvalue weighted by atomic mass is 9.99. The van der Waals surface area contributed by atoms with Gasteiger partial charge in [0.05, 0.1) is 12.4 Å². The Morgan fingerprint density at radius 3 is 2.58 bits per heavy atom. The lowest BCUT2D eigenvalue weighted by Gasteiger charge is -2.28. The van der Waals surface area contributed by atoms with E-state index in [9.17, 15) is 22.8 Å². The van der Waals surface area contributed by atoms with Crippen LogP contribution in [-0.2, 0) is 11.2 Å². The number of hydrogen-bond acceptors (Lipinski definition) is 4. The standard InChI is InChI=1S/C15H12BrFN4O2.CH2F2/c16-10-1-2-12-9(5-10)3-4-21(14(12)23)8-13(22)20-15-18-6-11(17)7-19-15;2-1-3/h1-2,5-7H,3-4,8H2,(H,18,19,20,22);1H2. The number of anilines is 1. The van der Waals surface area contributed by atoms with Crippen LogP contribution in [-0.4, -0.2) is 46.7 Å². The fourth-order valence-electron chi connectivity index (χ4n) is 2.37. The highest BCUT2D eigenvalue weighted by molar-refractivity contribution is 9.10. The highest BCUT2D eigenvalue weighted by Crippen LogP contribution is 2.22. The topological polar surface area (TPSA) is 75.2 Å². The van der Waals surface area contributed by atoms with E-state index in [0.29, 0.717) is 18.5 Å². The van der Waals surface area contributed by atoms with Crippen LogP contribution in [0, 0.1) is 5.82 Å². The van der Waals surface area contributed by atoms with Gasteiger partial charge in [-0.05, 0) is 30.2 Å². The van der Waals surface area contributed by atoms with E-state index in [4.69, 9.17) is 0 Å². The van der Waals surface area contributed by atoms with Crippen molar-refractivity contribution >= 4 is 33.7 Å². The van der Waals surface area contributed by atoms with Crippen LogP contribution in [0.15, 0.2) is 35.1 Å². The fourth-order valence-corrected chi connectivity index (χ4v) is 2.78. The summed E-state index contributed by atoms with van der Waals surface area (Å²) in [5.74, 6) is -1.19. The van der Waals surface area contributed by atoms with Gasteiger partial charge in [0, 0.05) is 16.6 Å². The summed E-state index contributed by atoms with van der Waals surface area (Å²) in [6.07, 6.45) is 2.60. The van der Waals surface area contributed by atoms with Crippen molar-refractivity contribution in [1.29, 1.82) is 0 Å². The van der Waals surface area contributed by atoms with Crippen LogP contribution in [0.5, 0.6) is 0 Å². The first kappa shape index (κ1) is 19.8. The molecule has 2 aromatic rings. The second-order valence-corrected chi connectivity index (χ2v) is 6.07. The first-order chi connectivity index (χ1) is 12.4.